The van der Waals surface area contributed by atoms with Gasteiger partial charge in [0.25, 0.3) is 0 Å². The molecule has 122 valence electrons. The Morgan fingerprint density at radius 1 is 1.14 bits per heavy atom. The number of anilines is 1. The number of amides is 2. The van der Waals surface area contributed by atoms with Gasteiger partial charge in [-0.2, -0.15) is 0 Å². The normalized spacial score (nSPS) is 16.1. The van der Waals surface area contributed by atoms with Crippen LogP contribution in [0.4, 0.5) is 10.5 Å². The zero-order chi connectivity index (χ0) is 15.9. The molecule has 0 bridgehead atoms. The topological polar surface area (TPSA) is 35.6 Å². The molecule has 22 heavy (non-hydrogen) atoms. The molecule has 0 atom stereocenters. The number of rotatable bonds is 5. The minimum absolute atomic E-state index is 0.0236. The number of nitrogens with zero attached hydrogens (tertiary/aromatic N) is 2. The predicted octanol–water partition coefficient (Wildman–Crippen LogP) is 3.93. The van der Waals surface area contributed by atoms with Crippen molar-refractivity contribution in [1.29, 1.82) is 0 Å². The summed E-state index contributed by atoms with van der Waals surface area (Å²) in [5.74, 6) is 0.773. The van der Waals surface area contributed by atoms with Crippen molar-refractivity contribution >= 4 is 23.3 Å². The summed E-state index contributed by atoms with van der Waals surface area (Å²) in [6.07, 6.45) is 2.46. The second-order valence-electron chi connectivity index (χ2n) is 5.91. The first-order chi connectivity index (χ1) is 10.6. The lowest BCUT2D eigenvalue weighted by Crippen LogP contribution is -2.50. The maximum Gasteiger partial charge on any atom is 0.321 e. The van der Waals surface area contributed by atoms with E-state index in [0.717, 1.165) is 44.3 Å². The van der Waals surface area contributed by atoms with Gasteiger partial charge < -0.3 is 10.2 Å². The number of piperazine rings is 1. The molecule has 2 rings (SSSR count). The number of carbonyl (C=O) groups is 1. The molecule has 0 spiro atoms. The molecule has 0 radical (unpaired) electrons. The minimum Gasteiger partial charge on any atom is -0.322 e. The molecule has 1 N–H and O–H groups in total. The lowest BCUT2D eigenvalue weighted by Gasteiger charge is -2.36. The van der Waals surface area contributed by atoms with Crippen LogP contribution in [0.5, 0.6) is 0 Å². The van der Waals surface area contributed by atoms with Crippen LogP contribution < -0.4 is 5.32 Å². The molecular weight excluding hydrogens is 298 g/mol. The Labute approximate surface area is 138 Å². The van der Waals surface area contributed by atoms with Crippen molar-refractivity contribution < 1.29 is 4.79 Å². The molecule has 0 unspecified atom stereocenters. The van der Waals surface area contributed by atoms with Gasteiger partial charge in [-0.3, -0.25) is 4.90 Å². The van der Waals surface area contributed by atoms with E-state index >= 15 is 0 Å². The quantitative estimate of drug-likeness (QED) is 0.891. The van der Waals surface area contributed by atoms with Crippen LogP contribution in [0.2, 0.25) is 5.02 Å². The van der Waals surface area contributed by atoms with Crippen LogP contribution >= 0.6 is 11.6 Å². The Morgan fingerprint density at radius 2 is 1.73 bits per heavy atom. The highest BCUT2D eigenvalue weighted by atomic mass is 35.5. The molecule has 0 aromatic heterocycles. The number of halogens is 1. The summed E-state index contributed by atoms with van der Waals surface area (Å²) < 4.78 is 0. The van der Waals surface area contributed by atoms with Gasteiger partial charge in [0, 0.05) is 43.4 Å². The molecule has 1 aliphatic heterocycles. The minimum atomic E-state index is -0.0236. The molecule has 1 aliphatic rings. The maximum absolute atomic E-state index is 12.3. The summed E-state index contributed by atoms with van der Waals surface area (Å²) in [7, 11) is 0. The van der Waals surface area contributed by atoms with E-state index in [1.807, 2.05) is 17.0 Å². The van der Waals surface area contributed by atoms with E-state index in [1.54, 1.807) is 12.1 Å². The van der Waals surface area contributed by atoms with Crippen molar-refractivity contribution in [3.8, 4) is 0 Å². The van der Waals surface area contributed by atoms with Crippen molar-refractivity contribution in [2.45, 2.75) is 26.7 Å². The summed E-state index contributed by atoms with van der Waals surface area (Å²) in [5.41, 5.74) is 0.786. The van der Waals surface area contributed by atoms with E-state index in [1.165, 1.54) is 12.8 Å². The molecule has 1 aromatic carbocycles. The van der Waals surface area contributed by atoms with Crippen LogP contribution in [0.15, 0.2) is 24.3 Å². The maximum atomic E-state index is 12.3. The number of nitrogens with one attached hydrogen (secondary N) is 1. The summed E-state index contributed by atoms with van der Waals surface area (Å²) in [4.78, 5) is 16.6. The first-order valence-electron chi connectivity index (χ1n) is 8.16. The Balaban J connectivity index is 1.78. The standard InChI is InChI=1S/C17H26ClN3O/c1-3-14(4-2)13-20-9-11-21(12-10-20)17(22)19-16-7-5-15(18)6-8-16/h5-8,14H,3-4,9-13H2,1-2H3,(H,19,22). The first-order valence-corrected chi connectivity index (χ1v) is 8.54. The lowest BCUT2D eigenvalue weighted by molar-refractivity contribution is 0.132. The lowest BCUT2D eigenvalue weighted by atomic mass is 10.0. The van der Waals surface area contributed by atoms with Crippen LogP contribution in [-0.4, -0.2) is 48.6 Å². The van der Waals surface area contributed by atoms with Gasteiger partial charge in [0.15, 0.2) is 0 Å². The summed E-state index contributed by atoms with van der Waals surface area (Å²) >= 11 is 5.85. The van der Waals surface area contributed by atoms with Gasteiger partial charge in [0.1, 0.15) is 0 Å². The Hall–Kier alpha value is -1.26. The highest BCUT2D eigenvalue weighted by molar-refractivity contribution is 6.30. The molecule has 4 nitrogen and oxygen atoms in total. The van der Waals surface area contributed by atoms with Gasteiger partial charge in [-0.15, -0.1) is 0 Å². The van der Waals surface area contributed by atoms with E-state index in [4.69, 9.17) is 11.6 Å². The largest absolute Gasteiger partial charge is 0.322 e. The molecule has 1 fully saturated rings. The number of urea groups is 1. The number of benzene rings is 1. The van der Waals surface area contributed by atoms with Crippen molar-refractivity contribution in [1.82, 2.24) is 9.80 Å². The molecule has 2 amide bonds. The highest BCUT2D eigenvalue weighted by Crippen LogP contribution is 2.15. The average molecular weight is 324 g/mol. The second kappa shape index (κ2) is 8.39. The van der Waals surface area contributed by atoms with Crippen molar-refractivity contribution in [3.63, 3.8) is 0 Å². The van der Waals surface area contributed by atoms with Crippen LogP contribution in [0, 0.1) is 5.92 Å². The van der Waals surface area contributed by atoms with Gasteiger partial charge in [-0.05, 0) is 30.2 Å². The van der Waals surface area contributed by atoms with Crippen LogP contribution in [-0.2, 0) is 0 Å². The smallest absolute Gasteiger partial charge is 0.321 e. The summed E-state index contributed by atoms with van der Waals surface area (Å²) in [5, 5.41) is 3.60. The monoisotopic (exact) mass is 323 g/mol. The van der Waals surface area contributed by atoms with Crippen LogP contribution in [0.3, 0.4) is 0 Å². The van der Waals surface area contributed by atoms with Gasteiger partial charge in [0.2, 0.25) is 0 Å². The van der Waals surface area contributed by atoms with Gasteiger partial charge in [-0.1, -0.05) is 38.3 Å². The highest BCUT2D eigenvalue weighted by Gasteiger charge is 2.22. The fourth-order valence-corrected chi connectivity index (χ4v) is 2.91. The van der Waals surface area contributed by atoms with E-state index < -0.39 is 0 Å². The third kappa shape index (κ3) is 4.89. The van der Waals surface area contributed by atoms with E-state index in [2.05, 4.69) is 24.1 Å². The fourth-order valence-electron chi connectivity index (χ4n) is 2.78. The van der Waals surface area contributed by atoms with Gasteiger partial charge in [-0.25, -0.2) is 4.79 Å². The molecule has 1 saturated heterocycles. The zero-order valence-electron chi connectivity index (χ0n) is 13.5. The number of hydrogen-bond donors (Lipinski definition) is 1. The van der Waals surface area contributed by atoms with Gasteiger partial charge in [0.05, 0.1) is 0 Å². The first kappa shape index (κ1) is 17.1. The fraction of sp³-hybridized carbons (Fsp3) is 0.588. The van der Waals surface area contributed by atoms with E-state index in [0.29, 0.717) is 5.02 Å². The van der Waals surface area contributed by atoms with Crippen LogP contribution in [0.25, 0.3) is 0 Å². The second-order valence-corrected chi connectivity index (χ2v) is 6.34. The third-order valence-electron chi connectivity index (χ3n) is 4.43. The Morgan fingerprint density at radius 3 is 2.27 bits per heavy atom. The molecule has 1 heterocycles. The van der Waals surface area contributed by atoms with Gasteiger partial charge >= 0.3 is 6.03 Å². The number of carbonyl (C=O) groups excluding carboxylic acids is 1. The predicted molar refractivity (Wildman–Crippen MR) is 92.6 cm³/mol. The zero-order valence-corrected chi connectivity index (χ0v) is 14.3. The average Bonchev–Trinajstić information content (AvgIpc) is 2.55. The SMILES string of the molecule is CCC(CC)CN1CCN(C(=O)Nc2ccc(Cl)cc2)CC1. The van der Waals surface area contributed by atoms with E-state index in [-0.39, 0.29) is 6.03 Å². The van der Waals surface area contributed by atoms with E-state index in [9.17, 15) is 4.79 Å². The molecule has 5 heteroatoms. The van der Waals surface area contributed by atoms with Crippen LogP contribution in [0.1, 0.15) is 26.7 Å². The summed E-state index contributed by atoms with van der Waals surface area (Å²) in [6, 6.07) is 7.19. The van der Waals surface area contributed by atoms with Crippen molar-refractivity contribution in [3.05, 3.63) is 29.3 Å². The molecule has 0 aliphatic carbocycles. The molecular formula is C17H26ClN3O. The van der Waals surface area contributed by atoms with Crippen molar-refractivity contribution in [2.24, 2.45) is 5.92 Å². The Kier molecular flexibility index (Phi) is 6.52. The molecule has 1 aromatic rings. The summed E-state index contributed by atoms with van der Waals surface area (Å²) in [6.45, 7) is 9.17. The van der Waals surface area contributed by atoms with Crippen molar-refractivity contribution in [2.75, 3.05) is 38.0 Å². The number of hydrogen-bond acceptors (Lipinski definition) is 2. The third-order valence-corrected chi connectivity index (χ3v) is 4.68. The molecule has 0 saturated carbocycles. The Bertz CT molecular complexity index is 465.